The van der Waals surface area contributed by atoms with Crippen LogP contribution in [0, 0.1) is 5.92 Å². The van der Waals surface area contributed by atoms with Gasteiger partial charge < -0.3 is 5.73 Å². The lowest BCUT2D eigenvalue weighted by atomic mass is 9.77. The standard InChI is InChI=1S/C16H27N/c1-4-6-12-16(17,13-7-5-2)14(3)15-10-8-9-11-15/h8-11,15H,3-7,12-13,17H2,1-2H3. The third-order valence-corrected chi connectivity index (χ3v) is 3.74. The molecule has 0 saturated heterocycles. The van der Waals surface area contributed by atoms with E-state index in [1.165, 1.54) is 31.3 Å². The van der Waals surface area contributed by atoms with Gasteiger partial charge in [0, 0.05) is 11.5 Å². The molecule has 0 bridgehead atoms. The van der Waals surface area contributed by atoms with E-state index in [0.29, 0.717) is 5.92 Å². The van der Waals surface area contributed by atoms with E-state index >= 15 is 0 Å². The minimum absolute atomic E-state index is 0.171. The normalized spacial score (nSPS) is 15.7. The Hall–Kier alpha value is -0.820. The third-order valence-electron chi connectivity index (χ3n) is 3.74. The van der Waals surface area contributed by atoms with Gasteiger partial charge in [0.05, 0.1) is 0 Å². The van der Waals surface area contributed by atoms with Crippen LogP contribution in [0.4, 0.5) is 0 Å². The molecule has 0 atom stereocenters. The fourth-order valence-corrected chi connectivity index (χ4v) is 2.43. The summed E-state index contributed by atoms with van der Waals surface area (Å²) < 4.78 is 0. The zero-order valence-electron chi connectivity index (χ0n) is 11.4. The molecule has 0 saturated carbocycles. The van der Waals surface area contributed by atoms with E-state index in [0.717, 1.165) is 12.8 Å². The molecule has 1 aliphatic carbocycles. The molecular formula is C16H27N. The Bertz CT molecular complexity index is 279. The second-order valence-electron chi connectivity index (χ2n) is 5.18. The number of rotatable bonds is 8. The molecule has 0 aromatic carbocycles. The number of hydrogen-bond acceptors (Lipinski definition) is 1. The Balaban J connectivity index is 2.69. The van der Waals surface area contributed by atoms with Crippen molar-refractivity contribution in [1.82, 2.24) is 0 Å². The average molecular weight is 233 g/mol. The van der Waals surface area contributed by atoms with Crippen LogP contribution in [0.25, 0.3) is 0 Å². The van der Waals surface area contributed by atoms with Crippen molar-refractivity contribution in [2.75, 3.05) is 0 Å². The minimum atomic E-state index is -0.171. The molecule has 96 valence electrons. The molecule has 0 unspecified atom stereocenters. The van der Waals surface area contributed by atoms with Gasteiger partial charge >= 0.3 is 0 Å². The van der Waals surface area contributed by atoms with Gasteiger partial charge in [0.1, 0.15) is 0 Å². The molecule has 0 spiro atoms. The molecule has 0 radical (unpaired) electrons. The van der Waals surface area contributed by atoms with Gasteiger partial charge in [-0.25, -0.2) is 0 Å². The van der Waals surface area contributed by atoms with Crippen molar-refractivity contribution in [3.8, 4) is 0 Å². The smallest absolute Gasteiger partial charge is 0.0375 e. The molecule has 0 aromatic heterocycles. The molecule has 1 heteroatoms. The summed E-state index contributed by atoms with van der Waals surface area (Å²) in [6, 6.07) is 0. The third kappa shape index (κ3) is 3.85. The van der Waals surface area contributed by atoms with Crippen molar-refractivity contribution < 1.29 is 0 Å². The van der Waals surface area contributed by atoms with Crippen LogP contribution in [0.2, 0.25) is 0 Å². The lowest BCUT2D eigenvalue weighted by Crippen LogP contribution is -2.43. The second-order valence-corrected chi connectivity index (χ2v) is 5.18. The molecule has 0 aromatic rings. The highest BCUT2D eigenvalue weighted by molar-refractivity contribution is 5.33. The molecule has 0 aliphatic heterocycles. The largest absolute Gasteiger partial charge is 0.322 e. The molecule has 1 rings (SSSR count). The lowest BCUT2D eigenvalue weighted by molar-refractivity contribution is 0.384. The zero-order valence-corrected chi connectivity index (χ0v) is 11.4. The Morgan fingerprint density at radius 2 is 1.59 bits per heavy atom. The highest BCUT2D eigenvalue weighted by atomic mass is 14.7. The summed E-state index contributed by atoms with van der Waals surface area (Å²) in [7, 11) is 0. The summed E-state index contributed by atoms with van der Waals surface area (Å²) in [5, 5.41) is 0. The van der Waals surface area contributed by atoms with E-state index in [-0.39, 0.29) is 5.54 Å². The summed E-state index contributed by atoms with van der Waals surface area (Å²) in [5.41, 5.74) is 7.65. The van der Waals surface area contributed by atoms with E-state index in [1.807, 2.05) is 0 Å². The first-order valence-corrected chi connectivity index (χ1v) is 6.97. The fraction of sp³-hybridized carbons (Fsp3) is 0.625. The van der Waals surface area contributed by atoms with Crippen LogP contribution in [0.3, 0.4) is 0 Å². The van der Waals surface area contributed by atoms with Gasteiger partial charge in [-0.15, -0.1) is 0 Å². The first-order valence-electron chi connectivity index (χ1n) is 6.97. The van der Waals surface area contributed by atoms with E-state index in [2.05, 4.69) is 44.7 Å². The Morgan fingerprint density at radius 1 is 1.12 bits per heavy atom. The van der Waals surface area contributed by atoms with Gasteiger partial charge in [0.2, 0.25) is 0 Å². The summed E-state index contributed by atoms with van der Waals surface area (Å²) >= 11 is 0. The monoisotopic (exact) mass is 233 g/mol. The predicted octanol–water partition coefficient (Wildman–Crippen LogP) is 4.36. The number of hydrogen-bond donors (Lipinski definition) is 1. The average Bonchev–Trinajstić information content (AvgIpc) is 2.86. The fourth-order valence-electron chi connectivity index (χ4n) is 2.43. The van der Waals surface area contributed by atoms with Crippen LogP contribution in [0.1, 0.15) is 52.4 Å². The molecule has 0 amide bonds. The van der Waals surface area contributed by atoms with E-state index in [1.54, 1.807) is 0 Å². The second kappa shape index (κ2) is 6.80. The van der Waals surface area contributed by atoms with Gasteiger partial charge in [0.25, 0.3) is 0 Å². The highest BCUT2D eigenvalue weighted by Crippen LogP contribution is 2.33. The van der Waals surface area contributed by atoms with Crippen molar-refractivity contribution in [2.24, 2.45) is 11.7 Å². The summed E-state index contributed by atoms with van der Waals surface area (Å²) in [6.07, 6.45) is 15.5. The van der Waals surface area contributed by atoms with Crippen LogP contribution < -0.4 is 5.73 Å². The number of nitrogens with two attached hydrogens (primary N) is 1. The van der Waals surface area contributed by atoms with Crippen molar-refractivity contribution in [3.05, 3.63) is 36.5 Å². The topological polar surface area (TPSA) is 26.0 Å². The number of allylic oxidation sites excluding steroid dienone is 4. The maximum Gasteiger partial charge on any atom is 0.0375 e. The van der Waals surface area contributed by atoms with Gasteiger partial charge in [-0.2, -0.15) is 0 Å². The van der Waals surface area contributed by atoms with Crippen molar-refractivity contribution in [2.45, 2.75) is 57.9 Å². The van der Waals surface area contributed by atoms with Crippen LogP contribution in [0.15, 0.2) is 36.5 Å². The molecule has 17 heavy (non-hydrogen) atoms. The SMILES string of the molecule is C=C(C1C=CC=C1)C(N)(CCCC)CCCC. The highest BCUT2D eigenvalue weighted by Gasteiger charge is 2.30. The van der Waals surface area contributed by atoms with Crippen molar-refractivity contribution in [3.63, 3.8) is 0 Å². The predicted molar refractivity (Wildman–Crippen MR) is 76.9 cm³/mol. The molecule has 0 fully saturated rings. The lowest BCUT2D eigenvalue weighted by Gasteiger charge is -2.34. The minimum Gasteiger partial charge on any atom is -0.322 e. The van der Waals surface area contributed by atoms with Gasteiger partial charge in [-0.1, -0.05) is 70.4 Å². The van der Waals surface area contributed by atoms with Crippen LogP contribution in [-0.4, -0.2) is 5.54 Å². The summed E-state index contributed by atoms with van der Waals surface area (Å²) in [6.45, 7) is 8.73. The Kier molecular flexibility index (Phi) is 5.70. The molecule has 1 aliphatic rings. The van der Waals surface area contributed by atoms with Gasteiger partial charge in [-0.3, -0.25) is 0 Å². The maximum absolute atomic E-state index is 6.63. The van der Waals surface area contributed by atoms with Crippen LogP contribution in [-0.2, 0) is 0 Å². The first kappa shape index (κ1) is 14.2. The van der Waals surface area contributed by atoms with Gasteiger partial charge in [-0.05, 0) is 18.4 Å². The Labute approximate surface area is 106 Å². The molecule has 1 nitrogen and oxygen atoms in total. The van der Waals surface area contributed by atoms with E-state index < -0.39 is 0 Å². The molecule has 2 N–H and O–H groups in total. The van der Waals surface area contributed by atoms with Crippen LogP contribution >= 0.6 is 0 Å². The zero-order chi connectivity index (χ0) is 12.7. The van der Waals surface area contributed by atoms with E-state index in [9.17, 15) is 0 Å². The Morgan fingerprint density at radius 3 is 2.00 bits per heavy atom. The summed E-state index contributed by atoms with van der Waals surface area (Å²) in [5.74, 6) is 0.355. The number of unbranched alkanes of at least 4 members (excludes halogenated alkanes) is 2. The van der Waals surface area contributed by atoms with Crippen LogP contribution in [0.5, 0.6) is 0 Å². The van der Waals surface area contributed by atoms with Crippen molar-refractivity contribution in [1.29, 1.82) is 0 Å². The van der Waals surface area contributed by atoms with Gasteiger partial charge in [0.15, 0.2) is 0 Å². The molecular weight excluding hydrogens is 206 g/mol. The summed E-state index contributed by atoms with van der Waals surface area (Å²) in [4.78, 5) is 0. The van der Waals surface area contributed by atoms with Crippen molar-refractivity contribution >= 4 is 0 Å². The van der Waals surface area contributed by atoms with E-state index in [4.69, 9.17) is 5.73 Å². The maximum atomic E-state index is 6.63. The molecule has 0 heterocycles. The quantitative estimate of drug-likeness (QED) is 0.619. The first-order chi connectivity index (χ1) is 8.14.